The molecule has 2 atom stereocenters. The molecular formula is C16H19N5O2. The van der Waals surface area contributed by atoms with E-state index >= 15 is 0 Å². The zero-order chi connectivity index (χ0) is 15.8. The molecule has 0 unspecified atom stereocenters. The maximum Gasteiger partial charge on any atom is 0.274 e. The SMILES string of the molecule is O=C(c1n[nH]c2c1CCC2)N1C[C@@H](Cc2cnccn2)[C@H](O)C1. The van der Waals surface area contributed by atoms with Crippen molar-refractivity contribution in [1.82, 2.24) is 25.1 Å². The number of aliphatic hydroxyl groups excluding tert-OH is 1. The number of fused-ring (bicyclic) bond motifs is 1. The molecule has 1 amide bonds. The van der Waals surface area contributed by atoms with Crippen molar-refractivity contribution in [2.45, 2.75) is 31.8 Å². The number of carbonyl (C=O) groups excluding carboxylic acids is 1. The Morgan fingerprint density at radius 3 is 3.09 bits per heavy atom. The molecule has 120 valence electrons. The summed E-state index contributed by atoms with van der Waals surface area (Å²) in [5.41, 5.74) is 3.52. The lowest BCUT2D eigenvalue weighted by Crippen LogP contribution is -2.30. The molecule has 2 aliphatic rings. The topological polar surface area (TPSA) is 95.0 Å². The van der Waals surface area contributed by atoms with Crippen LogP contribution in [0.4, 0.5) is 0 Å². The van der Waals surface area contributed by atoms with Crippen LogP contribution in [0.5, 0.6) is 0 Å². The number of nitrogens with zero attached hydrogens (tertiary/aromatic N) is 4. The molecule has 0 saturated carbocycles. The normalized spacial score (nSPS) is 23.3. The number of nitrogens with one attached hydrogen (secondary N) is 1. The Morgan fingerprint density at radius 1 is 1.35 bits per heavy atom. The van der Waals surface area contributed by atoms with E-state index in [9.17, 15) is 9.90 Å². The number of aromatic amines is 1. The van der Waals surface area contributed by atoms with Crippen LogP contribution in [-0.2, 0) is 19.3 Å². The summed E-state index contributed by atoms with van der Waals surface area (Å²) in [5.74, 6) is -0.0901. The van der Waals surface area contributed by atoms with Gasteiger partial charge in [-0.1, -0.05) is 0 Å². The summed E-state index contributed by atoms with van der Waals surface area (Å²) in [5, 5.41) is 17.5. The monoisotopic (exact) mass is 313 g/mol. The van der Waals surface area contributed by atoms with Gasteiger partial charge < -0.3 is 10.0 Å². The number of amides is 1. The van der Waals surface area contributed by atoms with Gasteiger partial charge in [-0.15, -0.1) is 0 Å². The quantitative estimate of drug-likeness (QED) is 0.853. The van der Waals surface area contributed by atoms with Crippen LogP contribution in [0.3, 0.4) is 0 Å². The maximum absolute atomic E-state index is 12.7. The molecule has 23 heavy (non-hydrogen) atoms. The van der Waals surface area contributed by atoms with Crippen LogP contribution in [0.1, 0.15) is 33.9 Å². The van der Waals surface area contributed by atoms with E-state index in [4.69, 9.17) is 0 Å². The molecule has 1 fully saturated rings. The van der Waals surface area contributed by atoms with Crippen molar-refractivity contribution < 1.29 is 9.90 Å². The van der Waals surface area contributed by atoms with Gasteiger partial charge >= 0.3 is 0 Å². The molecule has 2 aromatic heterocycles. The van der Waals surface area contributed by atoms with E-state index in [2.05, 4.69) is 20.2 Å². The van der Waals surface area contributed by atoms with Crippen LogP contribution in [0.25, 0.3) is 0 Å². The minimum Gasteiger partial charge on any atom is -0.391 e. The highest BCUT2D eigenvalue weighted by Crippen LogP contribution is 2.27. The molecule has 1 saturated heterocycles. The van der Waals surface area contributed by atoms with Crippen molar-refractivity contribution in [2.75, 3.05) is 13.1 Å². The molecule has 3 heterocycles. The first-order valence-corrected chi connectivity index (χ1v) is 8.00. The Morgan fingerprint density at radius 2 is 2.26 bits per heavy atom. The van der Waals surface area contributed by atoms with E-state index in [0.717, 1.165) is 36.2 Å². The van der Waals surface area contributed by atoms with Crippen LogP contribution in [0, 0.1) is 5.92 Å². The Labute approximate surface area is 133 Å². The number of hydrogen-bond donors (Lipinski definition) is 2. The number of hydrogen-bond acceptors (Lipinski definition) is 5. The molecule has 1 aliphatic heterocycles. The number of aromatic nitrogens is 4. The van der Waals surface area contributed by atoms with Crippen molar-refractivity contribution in [1.29, 1.82) is 0 Å². The number of H-pyrrole nitrogens is 1. The van der Waals surface area contributed by atoms with Gasteiger partial charge in [0.15, 0.2) is 5.69 Å². The summed E-state index contributed by atoms with van der Waals surface area (Å²) in [4.78, 5) is 22.7. The standard InChI is InChI=1S/C16H19N5O2/c22-14-9-21(8-10(14)6-11-7-17-4-5-18-11)16(23)15-12-2-1-3-13(12)19-20-15/h4-5,7,10,14,22H,1-3,6,8-9H2,(H,19,20)/t10-,14-/m1/s1. The minimum absolute atomic E-state index is 0.0114. The van der Waals surface area contributed by atoms with E-state index in [1.165, 1.54) is 0 Å². The highest BCUT2D eigenvalue weighted by molar-refractivity contribution is 5.94. The fraction of sp³-hybridized carbons (Fsp3) is 0.500. The first-order valence-electron chi connectivity index (χ1n) is 8.00. The van der Waals surface area contributed by atoms with Gasteiger partial charge in [0.25, 0.3) is 5.91 Å². The first-order chi connectivity index (χ1) is 11.2. The molecule has 0 radical (unpaired) electrons. The van der Waals surface area contributed by atoms with Crippen LogP contribution in [0.2, 0.25) is 0 Å². The second-order valence-electron chi connectivity index (χ2n) is 6.32. The molecule has 7 heteroatoms. The van der Waals surface area contributed by atoms with Gasteiger partial charge in [-0.2, -0.15) is 5.10 Å². The number of carbonyl (C=O) groups is 1. The average Bonchev–Trinajstić information content (AvgIpc) is 3.24. The third-order valence-electron chi connectivity index (χ3n) is 4.79. The molecule has 0 bridgehead atoms. The number of likely N-dealkylation sites (tertiary alicyclic amines) is 1. The van der Waals surface area contributed by atoms with E-state index < -0.39 is 6.10 Å². The second kappa shape index (κ2) is 5.73. The lowest BCUT2D eigenvalue weighted by molar-refractivity contribution is 0.0758. The van der Waals surface area contributed by atoms with Gasteiger partial charge in [-0.3, -0.25) is 19.9 Å². The van der Waals surface area contributed by atoms with Crippen molar-refractivity contribution in [3.63, 3.8) is 0 Å². The minimum atomic E-state index is -0.534. The summed E-state index contributed by atoms with van der Waals surface area (Å²) in [7, 11) is 0. The average molecular weight is 313 g/mol. The van der Waals surface area contributed by atoms with Gasteiger partial charge in [-0.25, -0.2) is 0 Å². The zero-order valence-corrected chi connectivity index (χ0v) is 12.8. The van der Waals surface area contributed by atoms with E-state index in [1.807, 2.05) is 0 Å². The molecule has 2 aromatic rings. The van der Waals surface area contributed by atoms with Crippen LogP contribution < -0.4 is 0 Å². The Hall–Kier alpha value is -2.28. The summed E-state index contributed by atoms with van der Waals surface area (Å²) >= 11 is 0. The third-order valence-corrected chi connectivity index (χ3v) is 4.79. The fourth-order valence-electron chi connectivity index (χ4n) is 3.57. The van der Waals surface area contributed by atoms with Crippen LogP contribution >= 0.6 is 0 Å². The summed E-state index contributed by atoms with van der Waals surface area (Å²) in [6.45, 7) is 0.879. The Kier molecular flexibility index (Phi) is 3.57. The van der Waals surface area contributed by atoms with E-state index in [1.54, 1.807) is 23.5 Å². The van der Waals surface area contributed by atoms with Crippen LogP contribution in [0.15, 0.2) is 18.6 Å². The van der Waals surface area contributed by atoms with E-state index in [0.29, 0.717) is 25.2 Å². The van der Waals surface area contributed by atoms with Crippen molar-refractivity contribution >= 4 is 5.91 Å². The van der Waals surface area contributed by atoms with Crippen molar-refractivity contribution in [3.05, 3.63) is 41.2 Å². The number of aryl methyl sites for hydroxylation is 1. The highest BCUT2D eigenvalue weighted by atomic mass is 16.3. The fourth-order valence-corrected chi connectivity index (χ4v) is 3.57. The van der Waals surface area contributed by atoms with Gasteiger partial charge in [-0.05, 0) is 25.7 Å². The molecule has 1 aliphatic carbocycles. The Bertz CT molecular complexity index is 715. The summed E-state index contributed by atoms with van der Waals surface area (Å²) < 4.78 is 0. The van der Waals surface area contributed by atoms with Crippen molar-refractivity contribution in [3.8, 4) is 0 Å². The predicted octanol–water partition coefficient (Wildman–Crippen LogP) is 0.364. The smallest absolute Gasteiger partial charge is 0.274 e. The highest BCUT2D eigenvalue weighted by Gasteiger charge is 2.36. The molecule has 2 N–H and O–H groups in total. The lowest BCUT2D eigenvalue weighted by atomic mass is 10.0. The summed E-state index contributed by atoms with van der Waals surface area (Å²) in [6.07, 6.45) is 8.01. The lowest BCUT2D eigenvalue weighted by Gasteiger charge is -2.15. The molecule has 7 nitrogen and oxygen atoms in total. The largest absolute Gasteiger partial charge is 0.391 e. The molecule has 4 rings (SSSR count). The molecule has 0 aromatic carbocycles. The number of β-amino-alcohol motifs (C(OH)–C–C–N with tert-alkyl or cyclic N) is 1. The predicted molar refractivity (Wildman–Crippen MR) is 81.7 cm³/mol. The Balaban J connectivity index is 1.47. The summed E-state index contributed by atoms with van der Waals surface area (Å²) in [6, 6.07) is 0. The number of aliphatic hydroxyl groups is 1. The van der Waals surface area contributed by atoms with E-state index in [-0.39, 0.29) is 11.8 Å². The zero-order valence-electron chi connectivity index (χ0n) is 12.8. The van der Waals surface area contributed by atoms with Crippen molar-refractivity contribution in [2.24, 2.45) is 5.92 Å². The molecular weight excluding hydrogens is 294 g/mol. The van der Waals surface area contributed by atoms with Gasteiger partial charge in [0, 0.05) is 48.9 Å². The second-order valence-corrected chi connectivity index (χ2v) is 6.32. The van der Waals surface area contributed by atoms with Gasteiger partial charge in [0.2, 0.25) is 0 Å². The number of rotatable bonds is 3. The van der Waals surface area contributed by atoms with Gasteiger partial charge in [0.05, 0.1) is 11.8 Å². The van der Waals surface area contributed by atoms with Crippen LogP contribution in [-0.4, -0.2) is 55.3 Å². The maximum atomic E-state index is 12.7. The molecule has 0 spiro atoms. The van der Waals surface area contributed by atoms with Gasteiger partial charge in [0.1, 0.15) is 0 Å². The first kappa shape index (κ1) is 14.3. The third kappa shape index (κ3) is 2.61.